The van der Waals surface area contributed by atoms with Crippen LogP contribution in [0.2, 0.25) is 0 Å². The second-order valence-electron chi connectivity index (χ2n) is 10.8. The third-order valence-corrected chi connectivity index (χ3v) is 9.98. The molecule has 1 amide bonds. The van der Waals surface area contributed by atoms with Crippen molar-refractivity contribution in [3.63, 3.8) is 0 Å². The molecule has 2 fully saturated rings. The molecular formula is C29H27F2N3O4S. The number of nitrogens with zero attached hydrogens (tertiary/aromatic N) is 3. The fourth-order valence-corrected chi connectivity index (χ4v) is 7.89. The molecule has 3 aromatic rings. The van der Waals surface area contributed by atoms with Crippen molar-refractivity contribution in [3.05, 3.63) is 92.9 Å². The van der Waals surface area contributed by atoms with Gasteiger partial charge in [0.15, 0.2) is 23.1 Å². The van der Waals surface area contributed by atoms with Crippen LogP contribution < -0.4 is 10.4 Å². The van der Waals surface area contributed by atoms with Crippen LogP contribution in [0.3, 0.4) is 0 Å². The van der Waals surface area contributed by atoms with Crippen LogP contribution in [0.25, 0.3) is 0 Å². The summed E-state index contributed by atoms with van der Waals surface area (Å²) in [6, 6.07) is 11.2. The van der Waals surface area contributed by atoms with Crippen LogP contribution in [0.4, 0.5) is 8.78 Å². The summed E-state index contributed by atoms with van der Waals surface area (Å²) in [5.41, 5.74) is 0.963. The maximum Gasteiger partial charge on any atom is 0.278 e. The van der Waals surface area contributed by atoms with Crippen LogP contribution in [-0.2, 0) is 10.5 Å². The van der Waals surface area contributed by atoms with Crippen molar-refractivity contribution >= 4 is 17.7 Å². The normalized spacial score (nSPS) is 23.5. The number of benzene rings is 2. The van der Waals surface area contributed by atoms with Crippen LogP contribution >= 0.6 is 11.8 Å². The molecule has 10 heteroatoms. The molecule has 202 valence electrons. The van der Waals surface area contributed by atoms with Crippen molar-refractivity contribution in [2.75, 3.05) is 24.8 Å². The molecule has 1 aromatic heterocycles. The highest BCUT2D eigenvalue weighted by atomic mass is 32.2. The number of aromatic hydroxyl groups is 1. The van der Waals surface area contributed by atoms with Crippen LogP contribution in [0.1, 0.15) is 58.9 Å². The Morgan fingerprint density at radius 2 is 1.79 bits per heavy atom. The molecule has 2 aromatic carbocycles. The smallest absolute Gasteiger partial charge is 0.278 e. The van der Waals surface area contributed by atoms with Gasteiger partial charge in [-0.1, -0.05) is 24.3 Å². The van der Waals surface area contributed by atoms with Gasteiger partial charge in [0, 0.05) is 48.2 Å². The summed E-state index contributed by atoms with van der Waals surface area (Å²) in [6.45, 7) is 1.76. The Morgan fingerprint density at radius 3 is 2.62 bits per heavy atom. The number of carbonyl (C=O) groups is 1. The lowest BCUT2D eigenvalue weighted by molar-refractivity contribution is -0.0430. The number of hydrogen-bond acceptors (Lipinski definition) is 6. The van der Waals surface area contributed by atoms with Gasteiger partial charge in [-0.15, -0.1) is 11.8 Å². The highest BCUT2D eigenvalue weighted by Gasteiger charge is 2.51. The van der Waals surface area contributed by atoms with Gasteiger partial charge in [0.2, 0.25) is 5.43 Å². The summed E-state index contributed by atoms with van der Waals surface area (Å²) in [6.07, 6.45) is 4.25. The van der Waals surface area contributed by atoms with E-state index in [4.69, 9.17) is 4.74 Å². The highest BCUT2D eigenvalue weighted by molar-refractivity contribution is 7.98. The van der Waals surface area contributed by atoms with Crippen LogP contribution in [-0.4, -0.2) is 46.5 Å². The first-order valence-corrected chi connectivity index (χ1v) is 14.2. The van der Waals surface area contributed by atoms with E-state index in [0.29, 0.717) is 31.7 Å². The number of thioether (sulfide) groups is 1. The summed E-state index contributed by atoms with van der Waals surface area (Å²) >= 11 is 1.44. The monoisotopic (exact) mass is 551 g/mol. The van der Waals surface area contributed by atoms with Crippen LogP contribution in [0.5, 0.6) is 5.75 Å². The standard InChI is InChI=1S/C29H27F2N3O4S/c30-20-6-5-17-19(24(20)31)16-39-22-4-2-1-3-18(22)25(17)34-23-15-29(9-13-38-14-10-29)8-12-32(23)28(37)26-27(36)21(35)7-11-33(26)34/h1-7,11,23,25,36H,8-10,12-16H2/t23-,25+/m1/s1. The third-order valence-electron chi connectivity index (χ3n) is 8.86. The second-order valence-corrected chi connectivity index (χ2v) is 11.8. The third kappa shape index (κ3) is 3.71. The molecule has 0 bridgehead atoms. The largest absolute Gasteiger partial charge is 0.502 e. The first kappa shape index (κ1) is 24.7. The maximum atomic E-state index is 15.3. The quantitative estimate of drug-likeness (QED) is 0.479. The van der Waals surface area contributed by atoms with E-state index < -0.39 is 40.9 Å². The molecule has 0 radical (unpaired) electrons. The van der Waals surface area contributed by atoms with Gasteiger partial charge in [-0.25, -0.2) is 8.78 Å². The molecular weight excluding hydrogens is 524 g/mol. The van der Waals surface area contributed by atoms with Crippen LogP contribution in [0.15, 0.2) is 58.4 Å². The SMILES string of the molecule is O=C1c2c(O)c(=O)ccn2N([C@@H]2c3ccccc3SCc3c2ccc(F)c3F)[C@@H]2CC3(CCOCC3)CCN12. The lowest BCUT2D eigenvalue weighted by Gasteiger charge is -2.56. The molecule has 2 saturated heterocycles. The number of piperidine rings is 1. The van der Waals surface area contributed by atoms with Crippen LogP contribution in [0, 0.1) is 17.0 Å². The van der Waals surface area contributed by atoms with E-state index in [2.05, 4.69) is 0 Å². The fourth-order valence-electron chi connectivity index (χ4n) is 6.77. The Labute approximate surface area is 228 Å². The molecule has 1 N–H and O–H groups in total. The number of amides is 1. The topological polar surface area (TPSA) is 75.0 Å². The molecule has 0 unspecified atom stereocenters. The Bertz CT molecular complexity index is 1550. The van der Waals surface area contributed by atoms with Gasteiger partial charge in [0.05, 0.1) is 6.04 Å². The van der Waals surface area contributed by atoms with Gasteiger partial charge in [-0.2, -0.15) is 0 Å². The fraction of sp³-hybridized carbons (Fsp3) is 0.379. The van der Waals surface area contributed by atoms with Gasteiger partial charge < -0.3 is 14.7 Å². The molecule has 7 rings (SSSR count). The Morgan fingerprint density at radius 1 is 1.00 bits per heavy atom. The highest BCUT2D eigenvalue weighted by Crippen LogP contribution is 2.50. The lowest BCUT2D eigenvalue weighted by atomic mass is 9.71. The maximum absolute atomic E-state index is 15.3. The van der Waals surface area contributed by atoms with E-state index in [1.165, 1.54) is 24.0 Å². The summed E-state index contributed by atoms with van der Waals surface area (Å²) in [4.78, 5) is 29.0. The van der Waals surface area contributed by atoms with Gasteiger partial charge in [-0.05, 0) is 54.4 Å². The summed E-state index contributed by atoms with van der Waals surface area (Å²) in [7, 11) is 0. The predicted molar refractivity (Wildman–Crippen MR) is 141 cm³/mol. The van der Waals surface area contributed by atoms with Crippen molar-refractivity contribution in [3.8, 4) is 5.75 Å². The number of pyridine rings is 1. The van der Waals surface area contributed by atoms with Crippen molar-refractivity contribution in [1.29, 1.82) is 0 Å². The molecule has 7 nitrogen and oxygen atoms in total. The van der Waals surface area contributed by atoms with E-state index >= 15 is 4.39 Å². The van der Waals surface area contributed by atoms with E-state index in [0.717, 1.165) is 35.8 Å². The minimum absolute atomic E-state index is 0.0353. The van der Waals surface area contributed by atoms with Crippen molar-refractivity contribution in [2.45, 2.75) is 48.5 Å². The summed E-state index contributed by atoms with van der Waals surface area (Å²) < 4.78 is 37.1. The Balaban J connectivity index is 1.50. The first-order valence-electron chi connectivity index (χ1n) is 13.2. The number of halogens is 2. The second kappa shape index (κ2) is 9.09. The summed E-state index contributed by atoms with van der Waals surface area (Å²) in [5, 5.41) is 12.8. The molecule has 0 aliphatic carbocycles. The van der Waals surface area contributed by atoms with Crippen molar-refractivity contribution in [1.82, 2.24) is 9.58 Å². The number of ether oxygens (including phenoxy) is 1. The molecule has 0 saturated carbocycles. The lowest BCUT2D eigenvalue weighted by Crippen LogP contribution is -2.66. The molecule has 39 heavy (non-hydrogen) atoms. The average Bonchev–Trinajstić information content (AvgIpc) is 3.11. The van der Waals surface area contributed by atoms with Gasteiger partial charge in [-0.3, -0.25) is 19.3 Å². The Kier molecular flexibility index (Phi) is 5.75. The minimum atomic E-state index is -0.907. The van der Waals surface area contributed by atoms with E-state index in [1.54, 1.807) is 15.6 Å². The molecule has 4 aliphatic rings. The Hall–Kier alpha value is -3.37. The molecule has 5 heterocycles. The van der Waals surface area contributed by atoms with E-state index in [1.807, 2.05) is 29.3 Å². The van der Waals surface area contributed by atoms with Crippen molar-refractivity contribution in [2.24, 2.45) is 5.41 Å². The number of aromatic nitrogens is 1. The predicted octanol–water partition coefficient (Wildman–Crippen LogP) is 4.54. The zero-order valence-corrected chi connectivity index (χ0v) is 21.9. The number of rotatable bonds is 1. The van der Waals surface area contributed by atoms with Crippen molar-refractivity contribution < 1.29 is 23.4 Å². The zero-order valence-electron chi connectivity index (χ0n) is 21.1. The zero-order chi connectivity index (χ0) is 26.9. The van der Waals surface area contributed by atoms with Gasteiger partial charge in [0.1, 0.15) is 6.17 Å². The molecule has 1 spiro atoms. The number of hydrogen-bond donors (Lipinski definition) is 1. The first-order chi connectivity index (χ1) is 18.9. The van der Waals surface area contributed by atoms with Gasteiger partial charge in [0.25, 0.3) is 5.91 Å². The van der Waals surface area contributed by atoms with Gasteiger partial charge >= 0.3 is 0 Å². The number of fused-ring (bicyclic) bond motifs is 4. The van der Waals surface area contributed by atoms with E-state index in [-0.39, 0.29) is 22.4 Å². The van der Waals surface area contributed by atoms with E-state index in [9.17, 15) is 19.1 Å². The molecule has 4 aliphatic heterocycles. The number of carbonyl (C=O) groups excluding carboxylic acids is 1. The average molecular weight is 552 g/mol. The summed E-state index contributed by atoms with van der Waals surface area (Å²) in [5.74, 6) is -2.56. The molecule has 2 atom stereocenters. The minimum Gasteiger partial charge on any atom is -0.502 e.